The molecule has 0 aliphatic heterocycles. The third-order valence-electron chi connectivity index (χ3n) is 2.67. The van der Waals surface area contributed by atoms with Gasteiger partial charge >= 0.3 is 5.69 Å². The predicted octanol–water partition coefficient (Wildman–Crippen LogP) is 0.379. The third-order valence-corrected chi connectivity index (χ3v) is 2.67. The van der Waals surface area contributed by atoms with Crippen molar-refractivity contribution in [1.82, 2.24) is 9.55 Å². The fourth-order valence-corrected chi connectivity index (χ4v) is 1.90. The Balaban J connectivity index is 2.84. The highest BCUT2D eigenvalue weighted by atomic mass is 16.3. The average Bonchev–Trinajstić information content (AvgIpc) is 2.23. The van der Waals surface area contributed by atoms with Crippen LogP contribution in [0.5, 0.6) is 0 Å². The Bertz CT molecular complexity index is 667. The SMILES string of the molecule is Cc1cccc2[nH]c(=O)n(CC(C)O)c(=O)c12. The van der Waals surface area contributed by atoms with Crippen LogP contribution in [0.4, 0.5) is 0 Å². The van der Waals surface area contributed by atoms with Crippen LogP contribution in [0.25, 0.3) is 10.9 Å². The summed E-state index contributed by atoms with van der Waals surface area (Å²) in [7, 11) is 0. The van der Waals surface area contributed by atoms with Gasteiger partial charge in [-0.15, -0.1) is 0 Å². The first-order chi connectivity index (χ1) is 8.00. The fraction of sp³-hybridized carbons (Fsp3) is 0.333. The van der Waals surface area contributed by atoms with E-state index in [0.717, 1.165) is 10.1 Å². The molecule has 2 N–H and O–H groups in total. The summed E-state index contributed by atoms with van der Waals surface area (Å²) < 4.78 is 1.03. The number of hydrogen-bond donors (Lipinski definition) is 2. The predicted molar refractivity (Wildman–Crippen MR) is 65.2 cm³/mol. The van der Waals surface area contributed by atoms with Crippen molar-refractivity contribution in [3.05, 3.63) is 44.6 Å². The van der Waals surface area contributed by atoms with Crippen molar-refractivity contribution < 1.29 is 5.11 Å². The lowest BCUT2D eigenvalue weighted by Gasteiger charge is -2.09. The van der Waals surface area contributed by atoms with Crippen LogP contribution in [0.15, 0.2) is 27.8 Å². The summed E-state index contributed by atoms with van der Waals surface area (Å²) in [6, 6.07) is 5.29. The van der Waals surface area contributed by atoms with E-state index < -0.39 is 11.8 Å². The highest BCUT2D eigenvalue weighted by molar-refractivity contribution is 5.80. The van der Waals surface area contributed by atoms with E-state index in [1.165, 1.54) is 6.92 Å². The molecule has 1 heterocycles. The van der Waals surface area contributed by atoms with Gasteiger partial charge in [0.25, 0.3) is 5.56 Å². The zero-order valence-electron chi connectivity index (χ0n) is 9.73. The van der Waals surface area contributed by atoms with Crippen molar-refractivity contribution in [2.75, 3.05) is 0 Å². The molecule has 5 heteroatoms. The van der Waals surface area contributed by atoms with E-state index in [9.17, 15) is 14.7 Å². The number of fused-ring (bicyclic) bond motifs is 1. The molecule has 0 radical (unpaired) electrons. The van der Waals surface area contributed by atoms with Crippen molar-refractivity contribution in [3.63, 3.8) is 0 Å². The molecule has 0 fully saturated rings. The van der Waals surface area contributed by atoms with E-state index in [1.807, 2.05) is 13.0 Å². The Morgan fingerprint density at radius 2 is 2.12 bits per heavy atom. The van der Waals surface area contributed by atoms with Crippen LogP contribution in [0.2, 0.25) is 0 Å². The molecule has 5 nitrogen and oxygen atoms in total. The molecule has 90 valence electrons. The quantitative estimate of drug-likeness (QED) is 0.788. The van der Waals surface area contributed by atoms with Crippen LogP contribution >= 0.6 is 0 Å². The normalized spacial score (nSPS) is 12.9. The first-order valence-electron chi connectivity index (χ1n) is 5.41. The molecule has 0 spiro atoms. The van der Waals surface area contributed by atoms with Gasteiger partial charge in [0.2, 0.25) is 0 Å². The Hall–Kier alpha value is -1.88. The van der Waals surface area contributed by atoms with Crippen molar-refractivity contribution in [3.8, 4) is 0 Å². The smallest absolute Gasteiger partial charge is 0.328 e. The topological polar surface area (TPSA) is 75.1 Å². The summed E-state index contributed by atoms with van der Waals surface area (Å²) in [5.74, 6) is 0. The monoisotopic (exact) mass is 234 g/mol. The van der Waals surface area contributed by atoms with Gasteiger partial charge in [0.15, 0.2) is 0 Å². The molecular formula is C12H14N2O3. The highest BCUT2D eigenvalue weighted by Gasteiger charge is 2.10. The number of rotatable bonds is 2. The summed E-state index contributed by atoms with van der Waals surface area (Å²) in [6.07, 6.45) is -0.740. The lowest BCUT2D eigenvalue weighted by molar-refractivity contribution is 0.170. The maximum atomic E-state index is 12.1. The number of nitrogens with zero attached hydrogens (tertiary/aromatic N) is 1. The molecule has 0 saturated heterocycles. The van der Waals surface area contributed by atoms with Crippen LogP contribution in [-0.4, -0.2) is 20.8 Å². The minimum absolute atomic E-state index is 0.00155. The molecule has 0 bridgehead atoms. The minimum Gasteiger partial charge on any atom is -0.392 e. The number of nitrogens with one attached hydrogen (secondary N) is 1. The van der Waals surface area contributed by atoms with Gasteiger partial charge in [-0.25, -0.2) is 4.79 Å². The van der Waals surface area contributed by atoms with Gasteiger partial charge in [-0.1, -0.05) is 12.1 Å². The molecule has 0 amide bonds. The van der Waals surface area contributed by atoms with Gasteiger partial charge in [-0.3, -0.25) is 9.36 Å². The highest BCUT2D eigenvalue weighted by Crippen LogP contribution is 2.09. The Labute approximate surface area is 97.3 Å². The second-order valence-corrected chi connectivity index (χ2v) is 4.19. The minimum atomic E-state index is -0.740. The summed E-state index contributed by atoms with van der Waals surface area (Å²) in [6.45, 7) is 3.35. The second-order valence-electron chi connectivity index (χ2n) is 4.19. The Morgan fingerprint density at radius 3 is 2.76 bits per heavy atom. The van der Waals surface area contributed by atoms with Crippen molar-refractivity contribution >= 4 is 10.9 Å². The summed E-state index contributed by atoms with van der Waals surface area (Å²) >= 11 is 0. The zero-order chi connectivity index (χ0) is 12.6. The molecule has 17 heavy (non-hydrogen) atoms. The van der Waals surface area contributed by atoms with E-state index in [1.54, 1.807) is 12.1 Å². The van der Waals surface area contributed by atoms with Gasteiger partial charge in [0, 0.05) is 0 Å². The van der Waals surface area contributed by atoms with E-state index in [-0.39, 0.29) is 12.1 Å². The number of aryl methyl sites for hydroxylation is 1. The first kappa shape index (κ1) is 11.6. The average molecular weight is 234 g/mol. The van der Waals surface area contributed by atoms with Crippen molar-refractivity contribution in [1.29, 1.82) is 0 Å². The second kappa shape index (κ2) is 4.18. The number of benzene rings is 1. The van der Waals surface area contributed by atoms with Gasteiger partial charge in [0.05, 0.1) is 23.6 Å². The Morgan fingerprint density at radius 1 is 1.41 bits per heavy atom. The van der Waals surface area contributed by atoms with Crippen LogP contribution < -0.4 is 11.2 Å². The largest absolute Gasteiger partial charge is 0.392 e. The number of H-pyrrole nitrogens is 1. The lowest BCUT2D eigenvalue weighted by Crippen LogP contribution is -2.38. The van der Waals surface area contributed by atoms with Gasteiger partial charge in [-0.2, -0.15) is 0 Å². The Kier molecular flexibility index (Phi) is 2.85. The summed E-state index contributed by atoms with van der Waals surface area (Å²) in [4.78, 5) is 26.5. The van der Waals surface area contributed by atoms with E-state index >= 15 is 0 Å². The molecule has 1 aromatic carbocycles. The van der Waals surface area contributed by atoms with Gasteiger partial charge in [-0.05, 0) is 25.5 Å². The number of aromatic nitrogens is 2. The lowest BCUT2D eigenvalue weighted by atomic mass is 10.1. The summed E-state index contributed by atoms with van der Waals surface area (Å²) in [5, 5.41) is 9.78. The number of aromatic amines is 1. The molecule has 0 saturated carbocycles. The number of aliphatic hydroxyl groups is 1. The first-order valence-corrected chi connectivity index (χ1v) is 5.41. The van der Waals surface area contributed by atoms with Crippen molar-refractivity contribution in [2.24, 2.45) is 0 Å². The third kappa shape index (κ3) is 2.01. The molecule has 2 rings (SSSR count). The zero-order valence-corrected chi connectivity index (χ0v) is 9.73. The molecule has 0 aliphatic rings. The fourth-order valence-electron chi connectivity index (χ4n) is 1.90. The van der Waals surface area contributed by atoms with E-state index in [4.69, 9.17) is 0 Å². The molecule has 1 atom stereocenters. The molecule has 1 unspecified atom stereocenters. The van der Waals surface area contributed by atoms with Crippen molar-refractivity contribution in [2.45, 2.75) is 26.5 Å². The standard InChI is InChI=1S/C12H14N2O3/c1-7-4-3-5-9-10(7)11(16)14(6-8(2)15)12(17)13-9/h3-5,8,15H,6H2,1-2H3,(H,13,17). The van der Waals surface area contributed by atoms with E-state index in [0.29, 0.717) is 10.9 Å². The van der Waals surface area contributed by atoms with Crippen LogP contribution in [0, 0.1) is 6.92 Å². The molecular weight excluding hydrogens is 220 g/mol. The summed E-state index contributed by atoms with van der Waals surface area (Å²) in [5.41, 5.74) is 0.488. The van der Waals surface area contributed by atoms with Crippen LogP contribution in [0.3, 0.4) is 0 Å². The van der Waals surface area contributed by atoms with Gasteiger partial charge in [0.1, 0.15) is 0 Å². The molecule has 0 aliphatic carbocycles. The molecule has 1 aromatic heterocycles. The van der Waals surface area contributed by atoms with Crippen LogP contribution in [-0.2, 0) is 6.54 Å². The van der Waals surface area contributed by atoms with Crippen LogP contribution in [0.1, 0.15) is 12.5 Å². The molecule has 2 aromatic rings. The maximum Gasteiger partial charge on any atom is 0.328 e. The van der Waals surface area contributed by atoms with Gasteiger partial charge < -0.3 is 10.1 Å². The number of hydrogen-bond acceptors (Lipinski definition) is 3. The maximum absolute atomic E-state index is 12.1. The number of aliphatic hydroxyl groups excluding tert-OH is 1. The van der Waals surface area contributed by atoms with E-state index in [2.05, 4.69) is 4.98 Å².